The highest BCUT2D eigenvalue weighted by molar-refractivity contribution is 6.32. The van der Waals surface area contributed by atoms with Gasteiger partial charge in [-0.05, 0) is 45.0 Å². The van der Waals surface area contributed by atoms with Crippen molar-refractivity contribution in [3.05, 3.63) is 29.6 Å². The van der Waals surface area contributed by atoms with E-state index >= 15 is 0 Å². The maximum absolute atomic E-state index is 13.4. The van der Waals surface area contributed by atoms with Crippen molar-refractivity contribution in [2.45, 2.75) is 24.5 Å². The van der Waals surface area contributed by atoms with Crippen molar-refractivity contribution in [2.24, 2.45) is 29.4 Å². The Kier molecular flexibility index (Phi) is 4.29. The summed E-state index contributed by atoms with van der Waals surface area (Å²) in [6, 6.07) is 2.09. The first-order valence-electron chi connectivity index (χ1n) is 9.39. The fourth-order valence-electron chi connectivity index (χ4n) is 5.31. The fraction of sp³-hybridized carbons (Fsp3) is 0.500. The summed E-state index contributed by atoms with van der Waals surface area (Å²) in [4.78, 5) is 69.9. The molecule has 0 aromatic carbocycles. The number of primary amides is 1. The van der Waals surface area contributed by atoms with Gasteiger partial charge in [0.15, 0.2) is 34.7 Å². The highest BCUT2D eigenvalue weighted by Crippen LogP contribution is 2.49. The summed E-state index contributed by atoms with van der Waals surface area (Å²) in [6.07, 6.45) is 1.98. The number of amides is 1. The number of Topliss-reactive ketones (excluding diaryl/α,β-unsaturated/α-hetero) is 4. The number of rotatable bonds is 2. The molecule has 2 unspecified atom stereocenters. The van der Waals surface area contributed by atoms with Crippen LogP contribution in [-0.2, 0) is 25.6 Å². The number of aromatic nitrogens is 1. The molecule has 1 heterocycles. The summed E-state index contributed by atoms with van der Waals surface area (Å²) in [7, 11) is 3.13. The largest absolute Gasteiger partial charge is 0.374 e. The molecule has 9 nitrogen and oxygen atoms in total. The van der Waals surface area contributed by atoms with E-state index in [0.29, 0.717) is 17.7 Å². The second-order valence-corrected chi connectivity index (χ2v) is 8.29. The van der Waals surface area contributed by atoms with Gasteiger partial charge in [-0.25, -0.2) is 0 Å². The molecule has 2 fully saturated rings. The molecule has 0 saturated heterocycles. The van der Waals surface area contributed by atoms with Crippen LogP contribution < -0.4 is 5.73 Å². The minimum atomic E-state index is -2.61. The topological polar surface area (TPSA) is 148 Å². The van der Waals surface area contributed by atoms with Gasteiger partial charge in [-0.3, -0.25) is 33.9 Å². The number of nitrogens with zero attached hydrogens (tertiary/aromatic N) is 2. The first kappa shape index (κ1) is 19.5. The van der Waals surface area contributed by atoms with Gasteiger partial charge in [0.05, 0.1) is 17.7 Å². The number of nitrogens with two attached hydrogens (primary N) is 1. The van der Waals surface area contributed by atoms with E-state index in [4.69, 9.17) is 5.73 Å². The molecule has 29 heavy (non-hydrogen) atoms. The van der Waals surface area contributed by atoms with Crippen LogP contribution in [0.4, 0.5) is 0 Å². The van der Waals surface area contributed by atoms with Gasteiger partial charge >= 0.3 is 0 Å². The SMILES string of the molecule is CN(C)[C@@H]1C(=O)C(C(N)=O)C(=O)[C@@]2(O)C(=O)C3C(=O)c4cccnc4C[C@H]3C[C@@H]12. The normalized spacial score (nSPS) is 36.5. The molecular formula is C20H21N3O6. The minimum Gasteiger partial charge on any atom is -0.374 e. The Morgan fingerprint density at radius 3 is 2.55 bits per heavy atom. The summed E-state index contributed by atoms with van der Waals surface area (Å²) in [5, 5.41) is 11.3. The molecule has 152 valence electrons. The van der Waals surface area contributed by atoms with E-state index in [1.165, 1.54) is 4.90 Å². The number of ketones is 4. The van der Waals surface area contributed by atoms with Crippen LogP contribution in [0.15, 0.2) is 18.3 Å². The van der Waals surface area contributed by atoms with Crippen LogP contribution in [0, 0.1) is 23.7 Å². The van der Waals surface area contributed by atoms with Crippen LogP contribution in [0.2, 0.25) is 0 Å². The maximum Gasteiger partial charge on any atom is 0.235 e. The molecule has 3 aliphatic carbocycles. The molecule has 9 heteroatoms. The van der Waals surface area contributed by atoms with Crippen LogP contribution in [0.3, 0.4) is 0 Å². The summed E-state index contributed by atoms with van der Waals surface area (Å²) in [5.74, 6) is -9.30. The number of pyridine rings is 1. The van der Waals surface area contributed by atoms with E-state index in [2.05, 4.69) is 4.98 Å². The molecule has 1 aromatic rings. The summed E-state index contributed by atoms with van der Waals surface area (Å²) >= 11 is 0. The summed E-state index contributed by atoms with van der Waals surface area (Å²) in [5.41, 5.74) is 3.50. The van der Waals surface area contributed by atoms with E-state index in [1.54, 1.807) is 32.4 Å². The van der Waals surface area contributed by atoms with Gasteiger partial charge in [0.2, 0.25) is 5.91 Å². The van der Waals surface area contributed by atoms with Crippen LogP contribution in [0.25, 0.3) is 0 Å². The summed E-state index contributed by atoms with van der Waals surface area (Å²) in [6.45, 7) is 0. The lowest BCUT2D eigenvalue weighted by Crippen LogP contribution is -2.74. The van der Waals surface area contributed by atoms with Gasteiger partial charge in [0.25, 0.3) is 0 Å². The zero-order valence-electron chi connectivity index (χ0n) is 16.0. The quantitative estimate of drug-likeness (QED) is 0.574. The highest BCUT2D eigenvalue weighted by Gasteiger charge is 2.69. The van der Waals surface area contributed by atoms with E-state index in [0.717, 1.165) is 0 Å². The van der Waals surface area contributed by atoms with Gasteiger partial charge in [-0.1, -0.05) is 0 Å². The van der Waals surface area contributed by atoms with Crippen molar-refractivity contribution >= 4 is 29.0 Å². The fourth-order valence-corrected chi connectivity index (χ4v) is 5.31. The molecule has 6 atom stereocenters. The zero-order chi connectivity index (χ0) is 21.2. The van der Waals surface area contributed by atoms with Gasteiger partial charge in [0, 0.05) is 17.7 Å². The number of carbonyl (C=O) groups is 5. The van der Waals surface area contributed by atoms with E-state index < -0.39 is 64.4 Å². The number of hydrogen-bond acceptors (Lipinski definition) is 8. The molecule has 3 aliphatic rings. The van der Waals surface area contributed by atoms with Crippen molar-refractivity contribution < 1.29 is 29.1 Å². The number of carbonyl (C=O) groups excluding carboxylic acids is 5. The third-order valence-corrected chi connectivity index (χ3v) is 6.55. The molecule has 0 bridgehead atoms. The Balaban J connectivity index is 1.86. The van der Waals surface area contributed by atoms with E-state index in [1.807, 2.05) is 0 Å². The van der Waals surface area contributed by atoms with Gasteiger partial charge in [0.1, 0.15) is 0 Å². The smallest absolute Gasteiger partial charge is 0.235 e. The Bertz CT molecular complexity index is 973. The lowest BCUT2D eigenvalue weighted by molar-refractivity contribution is -0.181. The lowest BCUT2D eigenvalue weighted by atomic mass is 9.52. The second-order valence-electron chi connectivity index (χ2n) is 8.29. The van der Waals surface area contributed by atoms with Crippen molar-refractivity contribution in [1.29, 1.82) is 0 Å². The Morgan fingerprint density at radius 2 is 1.93 bits per heavy atom. The number of likely N-dealkylation sites (N-methyl/N-ethyl adjacent to an activating group) is 1. The molecule has 0 radical (unpaired) electrons. The van der Waals surface area contributed by atoms with Crippen molar-refractivity contribution in [3.8, 4) is 0 Å². The standard InChI is InChI=1S/C20H21N3O6/c1-23(2)14-10-6-8-7-11-9(4-3-5-22-11)15(24)12(8)17(26)20(10,29)18(27)13(16(14)25)19(21)28/h3-5,8,10,12-14,29H,6-7H2,1-2H3,(H2,21,28)/t8-,10+,12?,13?,14+,20+/m1/s1. The average molecular weight is 399 g/mol. The van der Waals surface area contributed by atoms with Gasteiger partial charge < -0.3 is 10.8 Å². The average Bonchev–Trinajstić information content (AvgIpc) is 2.64. The molecule has 1 aromatic heterocycles. The van der Waals surface area contributed by atoms with Crippen LogP contribution in [0.5, 0.6) is 0 Å². The van der Waals surface area contributed by atoms with E-state index in [9.17, 15) is 29.1 Å². The molecule has 0 spiro atoms. The predicted molar refractivity (Wildman–Crippen MR) is 97.5 cm³/mol. The second kappa shape index (κ2) is 6.36. The number of aliphatic hydroxyl groups is 1. The number of fused-ring (bicyclic) bond motifs is 3. The Labute approximate surface area is 166 Å². The molecular weight excluding hydrogens is 378 g/mol. The Hall–Kier alpha value is -2.78. The van der Waals surface area contributed by atoms with Crippen molar-refractivity contribution in [2.75, 3.05) is 14.1 Å². The number of hydrogen-bond donors (Lipinski definition) is 2. The minimum absolute atomic E-state index is 0.0977. The van der Waals surface area contributed by atoms with Gasteiger partial charge in [-0.2, -0.15) is 0 Å². The zero-order valence-corrected chi connectivity index (χ0v) is 16.0. The highest BCUT2D eigenvalue weighted by atomic mass is 16.3. The molecule has 0 aliphatic heterocycles. The first-order valence-corrected chi connectivity index (χ1v) is 9.39. The summed E-state index contributed by atoms with van der Waals surface area (Å²) < 4.78 is 0. The molecule has 1 amide bonds. The monoisotopic (exact) mass is 399 g/mol. The lowest BCUT2D eigenvalue weighted by Gasteiger charge is -2.52. The molecule has 4 rings (SSSR count). The van der Waals surface area contributed by atoms with Crippen molar-refractivity contribution in [3.63, 3.8) is 0 Å². The van der Waals surface area contributed by atoms with Crippen LogP contribution >= 0.6 is 0 Å². The van der Waals surface area contributed by atoms with Crippen molar-refractivity contribution in [1.82, 2.24) is 9.88 Å². The third kappa shape index (κ3) is 2.47. The molecule has 2 saturated carbocycles. The van der Waals surface area contributed by atoms with E-state index in [-0.39, 0.29) is 6.42 Å². The van der Waals surface area contributed by atoms with Crippen LogP contribution in [-0.4, -0.2) is 69.8 Å². The maximum atomic E-state index is 13.4. The third-order valence-electron chi connectivity index (χ3n) is 6.55. The van der Waals surface area contributed by atoms with Gasteiger partial charge in [-0.15, -0.1) is 0 Å². The first-order chi connectivity index (χ1) is 13.6. The van der Waals surface area contributed by atoms with Crippen LogP contribution in [0.1, 0.15) is 22.5 Å². The molecule has 3 N–H and O–H groups in total. The predicted octanol–water partition coefficient (Wildman–Crippen LogP) is -1.44. The Morgan fingerprint density at radius 1 is 1.24 bits per heavy atom.